The topological polar surface area (TPSA) is 89.8 Å². The Bertz CT molecular complexity index is 734. The summed E-state index contributed by atoms with van der Waals surface area (Å²) in [6.45, 7) is 4.17. The van der Waals surface area contributed by atoms with Crippen molar-refractivity contribution in [1.82, 2.24) is 5.32 Å². The van der Waals surface area contributed by atoms with Crippen LogP contribution >= 0.6 is 0 Å². The third kappa shape index (κ3) is 34.2. The van der Waals surface area contributed by atoms with E-state index in [-0.39, 0.29) is 18.9 Å². The summed E-state index contributed by atoms with van der Waals surface area (Å²) >= 11 is 0. The van der Waals surface area contributed by atoms with Crippen LogP contribution < -0.4 is 5.32 Å². The summed E-state index contributed by atoms with van der Waals surface area (Å²) in [5, 5.41) is 33.1. The molecule has 0 aliphatic rings. The highest BCUT2D eigenvalue weighted by atomic mass is 16.3. The minimum Gasteiger partial charge on any atom is -0.394 e. The van der Waals surface area contributed by atoms with E-state index in [1.54, 1.807) is 6.08 Å². The Kier molecular flexibility index (Phi) is 36.3. The lowest BCUT2D eigenvalue weighted by Gasteiger charge is -2.21. The molecule has 3 unspecified atom stereocenters. The largest absolute Gasteiger partial charge is 0.394 e. The van der Waals surface area contributed by atoms with Crippen molar-refractivity contribution in [1.29, 1.82) is 0 Å². The number of carbonyl (C=O) groups excluding carboxylic acids is 1. The van der Waals surface area contributed by atoms with E-state index in [9.17, 15) is 20.1 Å². The van der Waals surface area contributed by atoms with Crippen molar-refractivity contribution in [3.8, 4) is 0 Å². The molecule has 0 bridgehead atoms. The third-order valence-corrected chi connectivity index (χ3v) is 9.17. The molecule has 0 radical (unpaired) electrons. The van der Waals surface area contributed by atoms with E-state index < -0.39 is 18.2 Å². The Balaban J connectivity index is 3.73. The van der Waals surface area contributed by atoms with Gasteiger partial charge < -0.3 is 20.6 Å². The Labute approximate surface area is 292 Å². The van der Waals surface area contributed by atoms with Crippen molar-refractivity contribution < 1.29 is 20.1 Å². The standard InChI is InChI=1S/C42H79NO4/c1-3-5-7-9-11-13-15-17-19-20-22-24-26-28-30-32-34-36-41(46)40(38-44)43-42(47)37-39(45)35-33-31-29-27-25-23-21-18-16-14-12-10-8-6-4-2/h12,14,18,21,34,36,39-41,44-46H,3-11,13,15-17,19-20,22-33,35,37-38H2,1-2H3,(H,43,47)/b14-12-,21-18-,36-34+. The summed E-state index contributed by atoms with van der Waals surface area (Å²) in [6.07, 6.45) is 45.5. The molecule has 0 aromatic carbocycles. The number of rotatable bonds is 36. The minimum absolute atomic E-state index is 0.00387. The molecule has 0 saturated carbocycles. The molecule has 0 spiro atoms. The molecule has 5 heteroatoms. The number of allylic oxidation sites excluding steroid dienone is 5. The third-order valence-electron chi connectivity index (χ3n) is 9.17. The van der Waals surface area contributed by atoms with Gasteiger partial charge in [0, 0.05) is 0 Å². The van der Waals surface area contributed by atoms with Crippen LogP contribution in [0.25, 0.3) is 0 Å². The van der Waals surface area contributed by atoms with E-state index >= 15 is 0 Å². The summed E-state index contributed by atoms with van der Waals surface area (Å²) in [5.41, 5.74) is 0. The van der Waals surface area contributed by atoms with E-state index in [4.69, 9.17) is 0 Å². The van der Waals surface area contributed by atoms with Crippen LogP contribution in [-0.2, 0) is 4.79 Å². The molecule has 0 aliphatic heterocycles. The van der Waals surface area contributed by atoms with Crippen LogP contribution in [0.5, 0.6) is 0 Å². The molecular weight excluding hydrogens is 582 g/mol. The zero-order chi connectivity index (χ0) is 34.5. The van der Waals surface area contributed by atoms with E-state index in [1.807, 2.05) is 6.08 Å². The molecule has 0 aliphatic carbocycles. The van der Waals surface area contributed by atoms with Crippen molar-refractivity contribution in [3.05, 3.63) is 36.5 Å². The van der Waals surface area contributed by atoms with Gasteiger partial charge >= 0.3 is 0 Å². The maximum absolute atomic E-state index is 12.4. The fraction of sp³-hybridized carbons (Fsp3) is 0.833. The molecule has 0 aromatic heterocycles. The Morgan fingerprint density at radius 1 is 0.553 bits per heavy atom. The van der Waals surface area contributed by atoms with Crippen LogP contribution in [0.1, 0.15) is 200 Å². The first-order valence-corrected chi connectivity index (χ1v) is 20.3. The lowest BCUT2D eigenvalue weighted by molar-refractivity contribution is -0.124. The summed E-state index contributed by atoms with van der Waals surface area (Å²) in [6, 6.07) is -0.747. The quantitative estimate of drug-likeness (QED) is 0.0397. The normalized spacial score (nSPS) is 14.1. The molecule has 4 N–H and O–H groups in total. The van der Waals surface area contributed by atoms with Gasteiger partial charge in [0.25, 0.3) is 0 Å². The fourth-order valence-corrected chi connectivity index (χ4v) is 6.02. The van der Waals surface area contributed by atoms with Crippen LogP contribution in [0.4, 0.5) is 0 Å². The van der Waals surface area contributed by atoms with Crippen LogP contribution in [0.3, 0.4) is 0 Å². The molecule has 276 valence electrons. The number of amides is 1. The van der Waals surface area contributed by atoms with Gasteiger partial charge in [-0.05, 0) is 51.4 Å². The Hall–Kier alpha value is -1.43. The number of aliphatic hydroxyl groups excluding tert-OH is 3. The van der Waals surface area contributed by atoms with Gasteiger partial charge in [-0.15, -0.1) is 0 Å². The minimum atomic E-state index is -0.931. The fourth-order valence-electron chi connectivity index (χ4n) is 6.02. The molecule has 3 atom stereocenters. The highest BCUT2D eigenvalue weighted by molar-refractivity contribution is 5.76. The van der Waals surface area contributed by atoms with Crippen LogP contribution in [0, 0.1) is 0 Å². The van der Waals surface area contributed by atoms with Crippen molar-refractivity contribution in [2.75, 3.05) is 6.61 Å². The molecule has 1 amide bonds. The first-order chi connectivity index (χ1) is 23.0. The maximum atomic E-state index is 12.4. The molecule has 0 saturated heterocycles. The highest BCUT2D eigenvalue weighted by Crippen LogP contribution is 2.15. The average molecular weight is 662 g/mol. The van der Waals surface area contributed by atoms with Gasteiger partial charge in [-0.2, -0.15) is 0 Å². The Morgan fingerprint density at radius 3 is 1.45 bits per heavy atom. The molecule has 47 heavy (non-hydrogen) atoms. The van der Waals surface area contributed by atoms with Gasteiger partial charge in [0.05, 0.1) is 31.3 Å². The van der Waals surface area contributed by atoms with Gasteiger partial charge in [0.1, 0.15) is 0 Å². The number of hydrogen-bond acceptors (Lipinski definition) is 4. The van der Waals surface area contributed by atoms with E-state index in [0.717, 1.165) is 44.9 Å². The zero-order valence-electron chi connectivity index (χ0n) is 31.2. The number of carbonyl (C=O) groups is 1. The first-order valence-electron chi connectivity index (χ1n) is 20.3. The van der Waals surface area contributed by atoms with E-state index in [0.29, 0.717) is 6.42 Å². The van der Waals surface area contributed by atoms with Crippen molar-refractivity contribution >= 4 is 5.91 Å². The van der Waals surface area contributed by atoms with Gasteiger partial charge in [0.15, 0.2) is 0 Å². The lowest BCUT2D eigenvalue weighted by Crippen LogP contribution is -2.45. The number of unbranched alkanes of at least 4 members (excludes halogenated alkanes) is 23. The summed E-state index contributed by atoms with van der Waals surface area (Å²) in [7, 11) is 0. The SMILES string of the molecule is CCCCC/C=C\C/C=C\CCCCCCCC(O)CC(=O)NC(CO)C(O)/C=C/CCCCCCCCCCCCCCCCC. The van der Waals surface area contributed by atoms with E-state index in [2.05, 4.69) is 43.5 Å². The lowest BCUT2D eigenvalue weighted by atomic mass is 10.0. The second-order valence-electron chi connectivity index (χ2n) is 13.9. The number of nitrogens with one attached hydrogen (secondary N) is 1. The van der Waals surface area contributed by atoms with Crippen LogP contribution in [0.15, 0.2) is 36.5 Å². The molecule has 0 rings (SSSR count). The maximum Gasteiger partial charge on any atom is 0.222 e. The molecule has 0 aromatic rings. The average Bonchev–Trinajstić information content (AvgIpc) is 3.06. The molecular formula is C42H79NO4. The zero-order valence-corrected chi connectivity index (χ0v) is 31.2. The van der Waals surface area contributed by atoms with Gasteiger partial charge in [-0.25, -0.2) is 0 Å². The van der Waals surface area contributed by atoms with Crippen molar-refractivity contribution in [2.24, 2.45) is 0 Å². The van der Waals surface area contributed by atoms with Gasteiger partial charge in [-0.1, -0.05) is 179 Å². The van der Waals surface area contributed by atoms with Gasteiger partial charge in [0.2, 0.25) is 5.91 Å². The summed E-state index contributed by atoms with van der Waals surface area (Å²) in [5.74, 6) is -0.325. The summed E-state index contributed by atoms with van der Waals surface area (Å²) < 4.78 is 0. The Morgan fingerprint density at radius 2 is 0.957 bits per heavy atom. The molecule has 0 heterocycles. The van der Waals surface area contributed by atoms with Crippen molar-refractivity contribution in [2.45, 2.75) is 218 Å². The van der Waals surface area contributed by atoms with Crippen LogP contribution in [-0.4, -0.2) is 46.1 Å². The van der Waals surface area contributed by atoms with Crippen LogP contribution in [0.2, 0.25) is 0 Å². The van der Waals surface area contributed by atoms with Crippen molar-refractivity contribution in [3.63, 3.8) is 0 Å². The summed E-state index contributed by atoms with van der Waals surface area (Å²) in [4.78, 5) is 12.4. The number of aliphatic hydroxyl groups is 3. The predicted molar refractivity (Wildman–Crippen MR) is 204 cm³/mol. The molecule has 5 nitrogen and oxygen atoms in total. The second kappa shape index (κ2) is 37.4. The second-order valence-corrected chi connectivity index (χ2v) is 13.9. The monoisotopic (exact) mass is 662 g/mol. The molecule has 0 fully saturated rings. The highest BCUT2D eigenvalue weighted by Gasteiger charge is 2.20. The number of hydrogen-bond donors (Lipinski definition) is 4. The predicted octanol–water partition coefficient (Wildman–Crippen LogP) is 11.2. The first kappa shape index (κ1) is 45.6. The smallest absolute Gasteiger partial charge is 0.222 e. The van der Waals surface area contributed by atoms with Gasteiger partial charge in [-0.3, -0.25) is 4.79 Å². The van der Waals surface area contributed by atoms with E-state index in [1.165, 1.54) is 128 Å².